The van der Waals surface area contributed by atoms with Crippen LogP contribution in [0.5, 0.6) is 11.5 Å². The fourth-order valence-electron chi connectivity index (χ4n) is 2.67. The van der Waals surface area contributed by atoms with Gasteiger partial charge in [0.25, 0.3) is 0 Å². The van der Waals surface area contributed by atoms with Gasteiger partial charge in [-0.25, -0.2) is 5.48 Å². The van der Waals surface area contributed by atoms with E-state index in [9.17, 15) is 0 Å². The van der Waals surface area contributed by atoms with Crippen molar-refractivity contribution in [1.29, 1.82) is 0 Å². The van der Waals surface area contributed by atoms with Crippen LogP contribution in [0.25, 0.3) is 10.8 Å². The van der Waals surface area contributed by atoms with Gasteiger partial charge in [-0.05, 0) is 42.3 Å². The number of fused-ring (bicyclic) bond motifs is 1. The summed E-state index contributed by atoms with van der Waals surface area (Å²) in [7, 11) is 1.60. The first-order valence-electron chi connectivity index (χ1n) is 8.66. The normalized spacial score (nSPS) is 10.9. The summed E-state index contributed by atoms with van der Waals surface area (Å²) in [6.45, 7) is 1.84. The molecule has 0 radical (unpaired) electrons. The van der Waals surface area contributed by atoms with Crippen LogP contribution < -0.4 is 15.0 Å². The summed E-state index contributed by atoms with van der Waals surface area (Å²) in [4.78, 5) is 4.78. The number of nitrogens with one attached hydrogen (secondary N) is 1. The van der Waals surface area contributed by atoms with Gasteiger partial charge in [0.15, 0.2) is 0 Å². The predicted octanol–water partition coefficient (Wildman–Crippen LogP) is 5.65. The van der Waals surface area contributed by atoms with E-state index in [4.69, 9.17) is 37.5 Å². The minimum Gasteiger partial charge on any atom is -0.494 e. The van der Waals surface area contributed by atoms with Crippen LogP contribution in [-0.2, 0) is 11.4 Å². The lowest BCUT2D eigenvalue weighted by Crippen LogP contribution is -2.15. The summed E-state index contributed by atoms with van der Waals surface area (Å²) in [5, 5.41) is 2.90. The van der Waals surface area contributed by atoms with Crippen LogP contribution in [0.1, 0.15) is 12.0 Å². The minimum absolute atomic E-state index is 0.456. The second-order valence-electron chi connectivity index (χ2n) is 5.95. The molecule has 3 aromatic rings. The van der Waals surface area contributed by atoms with E-state index in [1.54, 1.807) is 13.2 Å². The Labute approximate surface area is 168 Å². The maximum Gasteiger partial charge on any atom is 0.127 e. The van der Waals surface area contributed by atoms with Crippen LogP contribution in [0.4, 0.5) is 0 Å². The van der Waals surface area contributed by atoms with Crippen molar-refractivity contribution in [3.63, 3.8) is 0 Å². The molecule has 0 saturated carbocycles. The molecule has 0 atom stereocenters. The largest absolute Gasteiger partial charge is 0.494 e. The highest BCUT2D eigenvalue weighted by Crippen LogP contribution is 2.35. The Kier molecular flexibility index (Phi) is 7.18. The van der Waals surface area contributed by atoms with Crippen molar-refractivity contribution in [3.8, 4) is 11.5 Å². The molecule has 0 saturated heterocycles. The van der Waals surface area contributed by atoms with Crippen LogP contribution in [0.15, 0.2) is 54.6 Å². The van der Waals surface area contributed by atoms with Gasteiger partial charge in [-0.2, -0.15) is 0 Å². The fraction of sp³-hybridized carbons (Fsp3) is 0.238. The van der Waals surface area contributed by atoms with Crippen molar-refractivity contribution in [2.75, 3.05) is 20.3 Å². The molecule has 0 aliphatic rings. The van der Waals surface area contributed by atoms with Gasteiger partial charge < -0.3 is 14.3 Å². The van der Waals surface area contributed by atoms with E-state index >= 15 is 0 Å². The number of rotatable bonds is 9. The van der Waals surface area contributed by atoms with E-state index in [1.165, 1.54) is 0 Å². The van der Waals surface area contributed by atoms with E-state index in [2.05, 4.69) is 5.48 Å². The van der Waals surface area contributed by atoms with Gasteiger partial charge in [0.05, 0.1) is 23.8 Å². The summed E-state index contributed by atoms with van der Waals surface area (Å²) in [5.41, 5.74) is 3.84. The first kappa shape index (κ1) is 19.8. The molecule has 27 heavy (non-hydrogen) atoms. The lowest BCUT2D eigenvalue weighted by Gasteiger charge is -2.11. The van der Waals surface area contributed by atoms with Crippen molar-refractivity contribution < 1.29 is 14.3 Å². The molecular weight excluding hydrogens is 385 g/mol. The molecule has 3 rings (SSSR count). The van der Waals surface area contributed by atoms with Crippen LogP contribution in [0.3, 0.4) is 0 Å². The van der Waals surface area contributed by atoms with E-state index < -0.39 is 0 Å². The van der Waals surface area contributed by atoms with Crippen molar-refractivity contribution in [3.05, 3.63) is 70.2 Å². The Hall–Kier alpha value is -1.98. The van der Waals surface area contributed by atoms with E-state index in [0.29, 0.717) is 23.3 Å². The molecule has 0 fully saturated rings. The zero-order valence-corrected chi connectivity index (χ0v) is 16.5. The molecule has 0 heterocycles. The molecule has 0 unspecified atom stereocenters. The van der Waals surface area contributed by atoms with Gasteiger partial charge in [-0.15, -0.1) is 0 Å². The lowest BCUT2D eigenvalue weighted by molar-refractivity contribution is 0.0875. The van der Waals surface area contributed by atoms with Gasteiger partial charge in [0.2, 0.25) is 0 Å². The zero-order chi connectivity index (χ0) is 19.1. The van der Waals surface area contributed by atoms with Crippen LogP contribution >= 0.6 is 23.2 Å². The summed E-state index contributed by atoms with van der Waals surface area (Å²) in [5.74, 6) is 1.61. The van der Waals surface area contributed by atoms with Crippen LogP contribution in [-0.4, -0.2) is 20.3 Å². The van der Waals surface area contributed by atoms with Gasteiger partial charge in [0.1, 0.15) is 18.1 Å². The fourth-order valence-corrected chi connectivity index (χ4v) is 3.06. The Bertz CT molecular complexity index is 884. The minimum atomic E-state index is 0.456. The first-order valence-corrected chi connectivity index (χ1v) is 9.42. The third kappa shape index (κ3) is 5.27. The highest BCUT2D eigenvalue weighted by Gasteiger charge is 2.08. The van der Waals surface area contributed by atoms with Crippen molar-refractivity contribution in [2.24, 2.45) is 0 Å². The molecule has 4 nitrogen and oxygen atoms in total. The molecule has 142 valence electrons. The second kappa shape index (κ2) is 9.81. The number of ether oxygens (including phenoxy) is 2. The standard InChI is InChI=1S/C21H21Cl2NO3/c1-25-24-12-3-13-26-16-8-6-15(7-9-16)14-27-20-5-2-4-18-17(20)10-11-19(22)21(18)23/h2,4-11,24H,3,12-14H2,1H3. The van der Waals surface area contributed by atoms with Gasteiger partial charge in [-0.3, -0.25) is 0 Å². The molecule has 0 aromatic heterocycles. The first-order chi connectivity index (χ1) is 13.2. The predicted molar refractivity (Wildman–Crippen MR) is 110 cm³/mol. The maximum atomic E-state index is 6.29. The molecule has 0 aliphatic heterocycles. The Morgan fingerprint density at radius 2 is 1.70 bits per heavy atom. The summed E-state index contributed by atoms with van der Waals surface area (Å²) in [6, 6.07) is 17.4. The smallest absolute Gasteiger partial charge is 0.127 e. The monoisotopic (exact) mass is 405 g/mol. The number of halogens is 2. The third-order valence-corrected chi connectivity index (χ3v) is 4.88. The molecular formula is C21H21Cl2NO3. The SMILES string of the molecule is CONCCCOc1ccc(COc2cccc3c(Cl)c(Cl)ccc23)cc1. The Balaban J connectivity index is 1.59. The van der Waals surface area contributed by atoms with Crippen LogP contribution in [0, 0.1) is 0 Å². The number of benzene rings is 3. The van der Waals surface area contributed by atoms with Gasteiger partial charge in [-0.1, -0.05) is 47.5 Å². The topological polar surface area (TPSA) is 39.7 Å². The van der Waals surface area contributed by atoms with Crippen molar-refractivity contribution in [2.45, 2.75) is 13.0 Å². The molecule has 0 amide bonds. The zero-order valence-electron chi connectivity index (χ0n) is 15.0. The molecule has 1 N–H and O–H groups in total. The van der Waals surface area contributed by atoms with E-state index in [-0.39, 0.29) is 0 Å². The average molecular weight is 406 g/mol. The average Bonchev–Trinajstić information content (AvgIpc) is 2.70. The summed E-state index contributed by atoms with van der Waals surface area (Å²) >= 11 is 12.4. The number of hydrogen-bond donors (Lipinski definition) is 1. The molecule has 0 aliphatic carbocycles. The van der Waals surface area contributed by atoms with Crippen molar-refractivity contribution in [1.82, 2.24) is 5.48 Å². The van der Waals surface area contributed by atoms with Crippen molar-refractivity contribution >= 4 is 34.0 Å². The number of hydroxylamine groups is 1. The number of hydrogen-bond acceptors (Lipinski definition) is 4. The summed E-state index contributed by atoms with van der Waals surface area (Å²) < 4.78 is 11.7. The van der Waals surface area contributed by atoms with Gasteiger partial charge >= 0.3 is 0 Å². The molecule has 0 bridgehead atoms. The van der Waals surface area contributed by atoms with E-state index in [1.807, 2.05) is 48.5 Å². The molecule has 6 heteroatoms. The van der Waals surface area contributed by atoms with Gasteiger partial charge in [0, 0.05) is 17.3 Å². The molecule has 0 spiro atoms. The quantitative estimate of drug-likeness (QED) is 0.369. The summed E-state index contributed by atoms with van der Waals surface area (Å²) in [6.07, 6.45) is 0.867. The Morgan fingerprint density at radius 1 is 0.889 bits per heavy atom. The second-order valence-corrected chi connectivity index (χ2v) is 6.73. The highest BCUT2D eigenvalue weighted by atomic mass is 35.5. The lowest BCUT2D eigenvalue weighted by atomic mass is 10.1. The van der Waals surface area contributed by atoms with Crippen LogP contribution in [0.2, 0.25) is 10.0 Å². The molecule has 3 aromatic carbocycles. The third-order valence-electron chi connectivity index (χ3n) is 4.06. The highest BCUT2D eigenvalue weighted by molar-refractivity contribution is 6.45. The Morgan fingerprint density at radius 3 is 2.48 bits per heavy atom. The van der Waals surface area contributed by atoms with E-state index in [0.717, 1.165) is 40.8 Å². The maximum absolute atomic E-state index is 6.29.